The summed E-state index contributed by atoms with van der Waals surface area (Å²) < 4.78 is 0. The molecule has 0 aliphatic rings. The fraction of sp³-hybridized carbons (Fsp3) is 0.0556. The standard InChI is InChI=1S/C18H15ClN2O3S/c1-11-2-6-13(7-3-11)17(24)21-18(25)20-15-10-12(4-8-14(15)19)5-9-16(22)23/h2-10H,1H3,(H,22,23)(H2,20,21,24,25)/b9-5+. The molecule has 0 aliphatic carbocycles. The Kier molecular flexibility index (Phi) is 6.27. The second kappa shape index (κ2) is 8.41. The first-order valence-electron chi connectivity index (χ1n) is 7.25. The summed E-state index contributed by atoms with van der Waals surface area (Å²) in [4.78, 5) is 22.7. The van der Waals surface area contributed by atoms with Crippen molar-refractivity contribution in [3.8, 4) is 0 Å². The first kappa shape index (κ1) is 18.6. The van der Waals surface area contributed by atoms with Crippen LogP contribution in [0.2, 0.25) is 5.02 Å². The maximum Gasteiger partial charge on any atom is 0.328 e. The molecule has 5 nitrogen and oxygen atoms in total. The van der Waals surface area contributed by atoms with Crippen LogP contribution in [0, 0.1) is 6.92 Å². The molecular weight excluding hydrogens is 360 g/mol. The van der Waals surface area contributed by atoms with Gasteiger partial charge in [0.15, 0.2) is 5.11 Å². The molecule has 0 atom stereocenters. The summed E-state index contributed by atoms with van der Waals surface area (Å²) >= 11 is 11.2. The van der Waals surface area contributed by atoms with Gasteiger partial charge in [0, 0.05) is 11.6 Å². The van der Waals surface area contributed by atoms with Crippen molar-refractivity contribution in [3.63, 3.8) is 0 Å². The Balaban J connectivity index is 2.06. The first-order valence-corrected chi connectivity index (χ1v) is 8.03. The van der Waals surface area contributed by atoms with Crippen LogP contribution in [0.3, 0.4) is 0 Å². The average molecular weight is 375 g/mol. The van der Waals surface area contributed by atoms with Crippen LogP contribution in [-0.2, 0) is 4.79 Å². The first-order chi connectivity index (χ1) is 11.8. The number of aliphatic carboxylic acids is 1. The van der Waals surface area contributed by atoms with Crippen LogP contribution in [0.1, 0.15) is 21.5 Å². The van der Waals surface area contributed by atoms with Crippen LogP contribution in [-0.4, -0.2) is 22.1 Å². The van der Waals surface area contributed by atoms with Crippen LogP contribution >= 0.6 is 23.8 Å². The number of carbonyl (C=O) groups is 2. The number of rotatable bonds is 4. The van der Waals surface area contributed by atoms with Crippen LogP contribution in [0.4, 0.5) is 5.69 Å². The third-order valence-corrected chi connectivity index (χ3v) is 3.73. The fourth-order valence-electron chi connectivity index (χ4n) is 1.94. The van der Waals surface area contributed by atoms with Crippen molar-refractivity contribution in [3.05, 3.63) is 70.3 Å². The molecule has 0 aliphatic heterocycles. The number of nitrogens with one attached hydrogen (secondary N) is 2. The molecule has 0 radical (unpaired) electrons. The van der Waals surface area contributed by atoms with Crippen LogP contribution in [0.15, 0.2) is 48.5 Å². The lowest BCUT2D eigenvalue weighted by Crippen LogP contribution is -2.34. The molecule has 2 rings (SSSR count). The summed E-state index contributed by atoms with van der Waals surface area (Å²) in [5.41, 5.74) is 2.62. The molecule has 0 aromatic heterocycles. The second-order valence-electron chi connectivity index (χ2n) is 5.19. The van der Waals surface area contributed by atoms with Gasteiger partial charge in [0.1, 0.15) is 0 Å². The number of hydrogen-bond acceptors (Lipinski definition) is 3. The molecule has 0 saturated carbocycles. The number of carbonyl (C=O) groups excluding carboxylic acids is 1. The van der Waals surface area contributed by atoms with E-state index in [4.69, 9.17) is 28.9 Å². The highest BCUT2D eigenvalue weighted by Gasteiger charge is 2.09. The maximum absolute atomic E-state index is 12.1. The lowest BCUT2D eigenvalue weighted by Gasteiger charge is -2.11. The predicted molar refractivity (Wildman–Crippen MR) is 103 cm³/mol. The number of aryl methyl sites for hydroxylation is 1. The van der Waals surface area contributed by atoms with Crippen molar-refractivity contribution in [1.82, 2.24) is 5.32 Å². The highest BCUT2D eigenvalue weighted by atomic mass is 35.5. The van der Waals surface area contributed by atoms with Crippen molar-refractivity contribution in [1.29, 1.82) is 0 Å². The minimum atomic E-state index is -1.05. The molecule has 0 heterocycles. The van der Waals surface area contributed by atoms with Crippen LogP contribution in [0.5, 0.6) is 0 Å². The van der Waals surface area contributed by atoms with Gasteiger partial charge in [-0.1, -0.05) is 35.4 Å². The molecule has 3 N–H and O–H groups in total. The van der Waals surface area contributed by atoms with E-state index in [9.17, 15) is 9.59 Å². The highest BCUT2D eigenvalue weighted by molar-refractivity contribution is 7.80. The van der Waals surface area contributed by atoms with E-state index in [1.807, 2.05) is 19.1 Å². The largest absolute Gasteiger partial charge is 0.478 e. The van der Waals surface area contributed by atoms with E-state index in [0.717, 1.165) is 11.6 Å². The smallest absolute Gasteiger partial charge is 0.328 e. The lowest BCUT2D eigenvalue weighted by molar-refractivity contribution is -0.131. The summed E-state index contributed by atoms with van der Waals surface area (Å²) in [6.45, 7) is 1.93. The van der Waals surface area contributed by atoms with Crippen molar-refractivity contribution in [2.24, 2.45) is 0 Å². The van der Waals surface area contributed by atoms with E-state index in [2.05, 4.69) is 10.6 Å². The Hall–Kier alpha value is -2.70. The SMILES string of the molecule is Cc1ccc(C(=O)NC(=S)Nc2cc(/C=C/C(=O)O)ccc2Cl)cc1. The van der Waals surface area contributed by atoms with Crippen molar-refractivity contribution < 1.29 is 14.7 Å². The van der Waals surface area contributed by atoms with Crippen molar-refractivity contribution >= 4 is 52.6 Å². The van der Waals surface area contributed by atoms with Gasteiger partial charge in [-0.15, -0.1) is 0 Å². The predicted octanol–water partition coefficient (Wildman–Crippen LogP) is 3.87. The fourth-order valence-corrected chi connectivity index (χ4v) is 2.31. The number of thiocarbonyl (C=S) groups is 1. The minimum absolute atomic E-state index is 0.0897. The Morgan fingerprint density at radius 3 is 2.48 bits per heavy atom. The summed E-state index contributed by atoms with van der Waals surface area (Å²) in [5.74, 6) is -1.39. The van der Waals surface area contributed by atoms with Crippen LogP contribution < -0.4 is 10.6 Å². The van der Waals surface area contributed by atoms with Gasteiger partial charge in [0.2, 0.25) is 0 Å². The number of hydrogen-bond donors (Lipinski definition) is 3. The van der Waals surface area contributed by atoms with Crippen molar-refractivity contribution in [2.75, 3.05) is 5.32 Å². The number of benzene rings is 2. The molecule has 0 unspecified atom stereocenters. The van der Waals surface area contributed by atoms with Crippen molar-refractivity contribution in [2.45, 2.75) is 6.92 Å². The molecule has 0 saturated heterocycles. The number of amides is 1. The van der Waals surface area contributed by atoms with E-state index in [1.165, 1.54) is 6.08 Å². The minimum Gasteiger partial charge on any atom is -0.478 e. The number of carboxylic acids is 1. The Morgan fingerprint density at radius 1 is 1.16 bits per heavy atom. The van der Waals surface area contributed by atoms with Gasteiger partial charge in [-0.3, -0.25) is 10.1 Å². The quantitative estimate of drug-likeness (QED) is 0.559. The summed E-state index contributed by atoms with van der Waals surface area (Å²) in [5, 5.41) is 14.6. The number of halogens is 1. The monoisotopic (exact) mass is 374 g/mol. The average Bonchev–Trinajstić information content (AvgIpc) is 2.56. The second-order valence-corrected chi connectivity index (χ2v) is 6.00. The molecular formula is C18H15ClN2O3S. The summed E-state index contributed by atoms with van der Waals surface area (Å²) in [7, 11) is 0. The number of carboxylic acid groups (broad SMARTS) is 1. The van der Waals surface area contributed by atoms with E-state index in [0.29, 0.717) is 21.8 Å². The highest BCUT2D eigenvalue weighted by Crippen LogP contribution is 2.23. The summed E-state index contributed by atoms with van der Waals surface area (Å²) in [6.07, 6.45) is 2.45. The topological polar surface area (TPSA) is 78.4 Å². The normalized spacial score (nSPS) is 10.5. The van der Waals surface area contributed by atoms with Gasteiger partial charge in [-0.25, -0.2) is 4.79 Å². The molecule has 0 spiro atoms. The van der Waals surface area contributed by atoms with Gasteiger partial charge < -0.3 is 10.4 Å². The van der Waals surface area contributed by atoms with E-state index in [1.54, 1.807) is 30.3 Å². The molecule has 128 valence electrons. The zero-order chi connectivity index (χ0) is 18.4. The number of anilines is 1. The maximum atomic E-state index is 12.1. The molecule has 1 amide bonds. The molecule has 0 fully saturated rings. The molecule has 2 aromatic carbocycles. The van der Waals surface area contributed by atoms with E-state index in [-0.39, 0.29) is 11.0 Å². The third-order valence-electron chi connectivity index (χ3n) is 3.20. The van der Waals surface area contributed by atoms with Gasteiger partial charge in [-0.2, -0.15) is 0 Å². The third kappa shape index (κ3) is 5.70. The summed E-state index contributed by atoms with van der Waals surface area (Å²) in [6, 6.07) is 12.0. The van der Waals surface area contributed by atoms with Gasteiger partial charge in [-0.05, 0) is 55.0 Å². The Bertz CT molecular complexity index is 848. The molecule has 25 heavy (non-hydrogen) atoms. The Morgan fingerprint density at radius 2 is 1.84 bits per heavy atom. The van der Waals surface area contributed by atoms with Crippen LogP contribution in [0.25, 0.3) is 6.08 Å². The molecule has 2 aromatic rings. The van der Waals surface area contributed by atoms with Gasteiger partial charge in [0.05, 0.1) is 10.7 Å². The van der Waals surface area contributed by atoms with E-state index < -0.39 is 5.97 Å². The Labute approximate surface area is 155 Å². The van der Waals surface area contributed by atoms with Gasteiger partial charge in [0.25, 0.3) is 5.91 Å². The van der Waals surface area contributed by atoms with Gasteiger partial charge >= 0.3 is 5.97 Å². The zero-order valence-corrected chi connectivity index (χ0v) is 14.8. The zero-order valence-electron chi connectivity index (χ0n) is 13.2. The molecule has 0 bridgehead atoms. The van der Waals surface area contributed by atoms with E-state index >= 15 is 0 Å². The lowest BCUT2D eigenvalue weighted by atomic mass is 10.1. The molecule has 7 heteroatoms.